The Labute approximate surface area is 74.7 Å². The maximum absolute atomic E-state index is 5.44. The Kier molecular flexibility index (Phi) is 3.35. The van der Waals surface area contributed by atoms with E-state index in [9.17, 15) is 0 Å². The highest BCUT2D eigenvalue weighted by Gasteiger charge is 2.07. The fourth-order valence-electron chi connectivity index (χ4n) is 1.23. The zero-order chi connectivity index (χ0) is 8.97. The summed E-state index contributed by atoms with van der Waals surface area (Å²) in [7, 11) is 0. The number of hydrogen-bond donors (Lipinski definition) is 1. The summed E-state index contributed by atoms with van der Waals surface area (Å²) in [5.41, 5.74) is 6.86. The Morgan fingerprint density at radius 3 is 2.92 bits per heavy atom. The minimum absolute atomic E-state index is 0.596. The third kappa shape index (κ3) is 2.38. The smallest absolute Gasteiger partial charge is 0.0231 e. The molecule has 1 atom stereocenters. The first-order valence-electron chi connectivity index (χ1n) is 4.56. The Bertz CT molecular complexity index is 194. The van der Waals surface area contributed by atoms with Crippen LogP contribution in [0.1, 0.15) is 20.3 Å². The van der Waals surface area contributed by atoms with E-state index >= 15 is 0 Å². The molecule has 0 radical (unpaired) electrons. The van der Waals surface area contributed by atoms with Crippen LogP contribution < -0.4 is 5.73 Å². The van der Waals surface area contributed by atoms with Crippen LogP contribution in [0.5, 0.6) is 0 Å². The molecule has 1 unspecified atom stereocenters. The van der Waals surface area contributed by atoms with Crippen molar-refractivity contribution in [2.24, 2.45) is 11.7 Å². The molecule has 0 fully saturated rings. The van der Waals surface area contributed by atoms with Crippen LogP contribution in [0.25, 0.3) is 0 Å². The highest BCUT2D eigenvalue weighted by molar-refractivity contribution is 5.15. The van der Waals surface area contributed by atoms with Gasteiger partial charge < -0.3 is 10.6 Å². The fraction of sp³-hybridized carbons (Fsp3) is 0.600. The zero-order valence-corrected chi connectivity index (χ0v) is 7.96. The van der Waals surface area contributed by atoms with Crippen molar-refractivity contribution in [2.75, 3.05) is 13.1 Å². The van der Waals surface area contributed by atoms with E-state index < -0.39 is 0 Å². The summed E-state index contributed by atoms with van der Waals surface area (Å²) in [6.45, 7) is 6.19. The van der Waals surface area contributed by atoms with Gasteiger partial charge in [-0.05, 0) is 25.8 Å². The molecule has 12 heavy (non-hydrogen) atoms. The van der Waals surface area contributed by atoms with Gasteiger partial charge in [0.25, 0.3) is 0 Å². The second-order valence-electron chi connectivity index (χ2n) is 3.38. The van der Waals surface area contributed by atoms with E-state index in [1.165, 1.54) is 5.57 Å². The van der Waals surface area contributed by atoms with E-state index in [1.54, 1.807) is 0 Å². The highest BCUT2D eigenvalue weighted by atomic mass is 15.1. The Balaban J connectivity index is 2.43. The van der Waals surface area contributed by atoms with E-state index in [0.717, 1.165) is 19.5 Å². The van der Waals surface area contributed by atoms with Gasteiger partial charge in [0.05, 0.1) is 0 Å². The molecule has 1 heterocycles. The van der Waals surface area contributed by atoms with E-state index in [0.29, 0.717) is 5.92 Å². The number of nitrogens with two attached hydrogens (primary N) is 1. The number of rotatable bonds is 3. The first kappa shape index (κ1) is 9.33. The summed E-state index contributed by atoms with van der Waals surface area (Å²) in [4.78, 5) is 2.21. The standard InChI is InChI=1S/C10H18N2/c1-9-4-7-12(6-3-5-11)8-10(9)2/h4,7-9H,3,5-6,11H2,1-2H3. The van der Waals surface area contributed by atoms with Gasteiger partial charge in [0.1, 0.15) is 0 Å². The molecule has 0 aromatic carbocycles. The minimum atomic E-state index is 0.596. The molecule has 1 rings (SSSR count). The van der Waals surface area contributed by atoms with E-state index in [4.69, 9.17) is 5.73 Å². The Morgan fingerprint density at radius 1 is 1.58 bits per heavy atom. The predicted molar refractivity (Wildman–Crippen MR) is 52.4 cm³/mol. The Hall–Kier alpha value is -0.760. The van der Waals surface area contributed by atoms with E-state index in [1.807, 2.05) is 0 Å². The lowest BCUT2D eigenvalue weighted by atomic mass is 10.0. The SMILES string of the molecule is CC1=CN(CCCN)C=CC1C. The van der Waals surface area contributed by atoms with Crippen molar-refractivity contribution in [3.8, 4) is 0 Å². The second-order valence-corrected chi connectivity index (χ2v) is 3.38. The van der Waals surface area contributed by atoms with Crippen LogP contribution in [-0.2, 0) is 0 Å². The van der Waals surface area contributed by atoms with Gasteiger partial charge in [-0.1, -0.05) is 18.6 Å². The van der Waals surface area contributed by atoms with Crippen LogP contribution in [-0.4, -0.2) is 18.0 Å². The normalized spacial score (nSPS) is 22.8. The van der Waals surface area contributed by atoms with Gasteiger partial charge in [0, 0.05) is 18.9 Å². The maximum atomic E-state index is 5.44. The third-order valence-electron chi connectivity index (χ3n) is 2.27. The molecule has 0 bridgehead atoms. The van der Waals surface area contributed by atoms with Crippen molar-refractivity contribution in [1.82, 2.24) is 4.90 Å². The van der Waals surface area contributed by atoms with Crippen molar-refractivity contribution >= 4 is 0 Å². The first-order chi connectivity index (χ1) is 5.74. The molecule has 0 aromatic rings. The fourth-order valence-corrected chi connectivity index (χ4v) is 1.23. The van der Waals surface area contributed by atoms with Crippen molar-refractivity contribution < 1.29 is 0 Å². The van der Waals surface area contributed by atoms with Gasteiger partial charge >= 0.3 is 0 Å². The van der Waals surface area contributed by atoms with Crippen molar-refractivity contribution in [3.05, 3.63) is 24.0 Å². The summed E-state index contributed by atoms with van der Waals surface area (Å²) in [6.07, 6.45) is 7.64. The largest absolute Gasteiger partial charge is 0.355 e. The van der Waals surface area contributed by atoms with Crippen molar-refractivity contribution in [1.29, 1.82) is 0 Å². The number of hydrogen-bond acceptors (Lipinski definition) is 2. The van der Waals surface area contributed by atoms with Gasteiger partial charge in [0.15, 0.2) is 0 Å². The molecule has 1 aliphatic rings. The molecule has 1 aliphatic heterocycles. The maximum Gasteiger partial charge on any atom is 0.0231 e. The van der Waals surface area contributed by atoms with Crippen LogP contribution in [0, 0.1) is 5.92 Å². The molecule has 68 valence electrons. The van der Waals surface area contributed by atoms with Crippen molar-refractivity contribution in [3.63, 3.8) is 0 Å². The molecule has 0 amide bonds. The molecule has 2 nitrogen and oxygen atoms in total. The van der Waals surface area contributed by atoms with Gasteiger partial charge in [-0.2, -0.15) is 0 Å². The topological polar surface area (TPSA) is 29.3 Å². The lowest BCUT2D eigenvalue weighted by Gasteiger charge is -2.23. The summed E-state index contributed by atoms with van der Waals surface area (Å²) < 4.78 is 0. The van der Waals surface area contributed by atoms with Crippen LogP contribution in [0.15, 0.2) is 24.0 Å². The summed E-state index contributed by atoms with van der Waals surface area (Å²) >= 11 is 0. The molecular weight excluding hydrogens is 148 g/mol. The lowest BCUT2D eigenvalue weighted by molar-refractivity contribution is 0.470. The highest BCUT2D eigenvalue weighted by Crippen LogP contribution is 2.17. The molecule has 0 spiro atoms. The predicted octanol–water partition coefficient (Wildman–Crippen LogP) is 1.70. The summed E-state index contributed by atoms with van der Waals surface area (Å²) in [5, 5.41) is 0. The van der Waals surface area contributed by atoms with Crippen molar-refractivity contribution in [2.45, 2.75) is 20.3 Å². The lowest BCUT2D eigenvalue weighted by Crippen LogP contribution is -2.19. The van der Waals surface area contributed by atoms with E-state index in [2.05, 4.69) is 37.2 Å². The summed E-state index contributed by atoms with van der Waals surface area (Å²) in [6, 6.07) is 0. The Morgan fingerprint density at radius 2 is 2.33 bits per heavy atom. The molecular formula is C10H18N2. The summed E-state index contributed by atoms with van der Waals surface area (Å²) in [5.74, 6) is 0.596. The molecule has 2 N–H and O–H groups in total. The molecule has 0 aliphatic carbocycles. The van der Waals surface area contributed by atoms with Gasteiger partial charge in [-0.25, -0.2) is 0 Å². The average molecular weight is 166 g/mol. The first-order valence-corrected chi connectivity index (χ1v) is 4.56. The van der Waals surface area contributed by atoms with Gasteiger partial charge in [-0.3, -0.25) is 0 Å². The van der Waals surface area contributed by atoms with Gasteiger partial charge in [0.2, 0.25) is 0 Å². The van der Waals surface area contributed by atoms with Gasteiger partial charge in [-0.15, -0.1) is 0 Å². The molecule has 0 aromatic heterocycles. The van der Waals surface area contributed by atoms with Crippen LogP contribution in [0.4, 0.5) is 0 Å². The number of allylic oxidation sites excluding steroid dienone is 2. The minimum Gasteiger partial charge on any atom is -0.355 e. The second kappa shape index (κ2) is 4.31. The number of nitrogens with zero attached hydrogens (tertiary/aromatic N) is 1. The quantitative estimate of drug-likeness (QED) is 0.691. The van der Waals surface area contributed by atoms with Crippen LogP contribution in [0.2, 0.25) is 0 Å². The monoisotopic (exact) mass is 166 g/mol. The third-order valence-corrected chi connectivity index (χ3v) is 2.27. The average Bonchev–Trinajstić information content (AvgIpc) is 2.07. The van der Waals surface area contributed by atoms with Crippen LogP contribution >= 0.6 is 0 Å². The molecule has 2 heteroatoms. The van der Waals surface area contributed by atoms with Crippen LogP contribution in [0.3, 0.4) is 0 Å². The molecule has 0 saturated carbocycles. The van der Waals surface area contributed by atoms with E-state index in [-0.39, 0.29) is 0 Å². The molecule has 0 saturated heterocycles. The zero-order valence-electron chi connectivity index (χ0n) is 7.96.